The van der Waals surface area contributed by atoms with Gasteiger partial charge in [-0.15, -0.1) is 0 Å². The van der Waals surface area contributed by atoms with Crippen LogP contribution in [0.25, 0.3) is 10.9 Å². The van der Waals surface area contributed by atoms with E-state index < -0.39 is 0 Å². The molecule has 3 nitrogen and oxygen atoms in total. The molecule has 0 aliphatic carbocycles. The van der Waals surface area contributed by atoms with Crippen LogP contribution in [0.2, 0.25) is 0 Å². The van der Waals surface area contributed by atoms with Gasteiger partial charge in [0.05, 0.1) is 0 Å². The van der Waals surface area contributed by atoms with Crippen LogP contribution in [0.15, 0.2) is 65.5 Å². The van der Waals surface area contributed by atoms with Crippen molar-refractivity contribution >= 4 is 10.9 Å². The molecule has 1 atom stereocenters. The highest BCUT2D eigenvalue weighted by Crippen LogP contribution is 2.32. The molecule has 0 fully saturated rings. The first kappa shape index (κ1) is 16.5. The van der Waals surface area contributed by atoms with Gasteiger partial charge in [-0.3, -0.25) is 4.79 Å². The summed E-state index contributed by atoms with van der Waals surface area (Å²) in [5.41, 5.74) is 2.90. The molecule has 3 rings (SSSR count). The molecule has 0 saturated heterocycles. The van der Waals surface area contributed by atoms with E-state index in [2.05, 4.69) is 55.3 Å². The van der Waals surface area contributed by atoms with Crippen LogP contribution in [-0.4, -0.2) is 4.98 Å². The number of nitrogens with one attached hydrogen (secondary N) is 2. The summed E-state index contributed by atoms with van der Waals surface area (Å²) in [5, 5.41) is 4.63. The van der Waals surface area contributed by atoms with Crippen molar-refractivity contribution in [2.45, 2.75) is 33.4 Å². The normalized spacial score (nSPS) is 13.1. The standard InChI is InChI=1S/C21H24N2O/c1-21(2,3)19(15-9-5-4-6-10-15)22-14-17-13-16-11-7-8-12-18(16)23-20(17)24/h4-13,19,22H,14H2,1-3H3,(H,23,24)/t19-/m1/s1. The highest BCUT2D eigenvalue weighted by atomic mass is 16.1. The molecule has 0 saturated carbocycles. The van der Waals surface area contributed by atoms with Gasteiger partial charge in [-0.2, -0.15) is 0 Å². The van der Waals surface area contributed by atoms with Crippen LogP contribution in [0.4, 0.5) is 0 Å². The van der Waals surface area contributed by atoms with Gasteiger partial charge < -0.3 is 10.3 Å². The van der Waals surface area contributed by atoms with Crippen molar-refractivity contribution in [3.63, 3.8) is 0 Å². The molecule has 124 valence electrons. The lowest BCUT2D eigenvalue weighted by Crippen LogP contribution is -2.33. The van der Waals surface area contributed by atoms with Crippen molar-refractivity contribution in [2.75, 3.05) is 0 Å². The highest BCUT2D eigenvalue weighted by Gasteiger charge is 2.25. The molecule has 2 aromatic carbocycles. The van der Waals surface area contributed by atoms with Crippen molar-refractivity contribution in [3.05, 3.63) is 82.1 Å². The lowest BCUT2D eigenvalue weighted by atomic mass is 9.82. The number of aromatic amines is 1. The number of hydrogen-bond acceptors (Lipinski definition) is 2. The average Bonchev–Trinajstić information content (AvgIpc) is 2.55. The lowest BCUT2D eigenvalue weighted by molar-refractivity contribution is 0.271. The zero-order valence-corrected chi connectivity index (χ0v) is 14.5. The maximum absolute atomic E-state index is 12.3. The molecule has 0 bridgehead atoms. The molecule has 1 heterocycles. The number of H-pyrrole nitrogens is 1. The summed E-state index contributed by atoms with van der Waals surface area (Å²) in [4.78, 5) is 15.3. The predicted octanol–water partition coefficient (Wildman–Crippen LogP) is 4.41. The smallest absolute Gasteiger partial charge is 0.252 e. The molecule has 0 spiro atoms. The Bertz CT molecular complexity index is 875. The number of rotatable bonds is 4. The maximum atomic E-state index is 12.3. The SMILES string of the molecule is CC(C)(C)[C@H](NCc1cc2ccccc2[nH]c1=O)c1ccccc1. The second-order valence-corrected chi connectivity index (χ2v) is 7.30. The topological polar surface area (TPSA) is 44.9 Å². The molecule has 24 heavy (non-hydrogen) atoms. The Hall–Kier alpha value is -2.39. The minimum atomic E-state index is -0.0260. The van der Waals surface area contributed by atoms with E-state index in [4.69, 9.17) is 0 Å². The number of pyridine rings is 1. The summed E-state index contributed by atoms with van der Waals surface area (Å²) in [5.74, 6) is 0. The third kappa shape index (κ3) is 3.57. The minimum absolute atomic E-state index is 0.0260. The zero-order chi connectivity index (χ0) is 17.2. The Kier molecular flexibility index (Phi) is 4.54. The number of para-hydroxylation sites is 1. The van der Waals surface area contributed by atoms with Gasteiger partial charge in [0.15, 0.2) is 0 Å². The molecule has 3 aromatic rings. The van der Waals surface area contributed by atoms with Gasteiger partial charge in [-0.25, -0.2) is 0 Å². The van der Waals surface area contributed by atoms with E-state index in [0.29, 0.717) is 6.54 Å². The molecular formula is C21H24N2O. The van der Waals surface area contributed by atoms with Gasteiger partial charge in [-0.05, 0) is 28.5 Å². The van der Waals surface area contributed by atoms with E-state index in [1.165, 1.54) is 5.56 Å². The first-order valence-corrected chi connectivity index (χ1v) is 8.34. The predicted molar refractivity (Wildman–Crippen MR) is 100 cm³/mol. The first-order chi connectivity index (χ1) is 11.4. The van der Waals surface area contributed by atoms with E-state index in [1.807, 2.05) is 36.4 Å². The Labute approximate surface area is 142 Å². The van der Waals surface area contributed by atoms with Gasteiger partial charge in [0.1, 0.15) is 0 Å². The van der Waals surface area contributed by atoms with Crippen LogP contribution in [0, 0.1) is 5.41 Å². The zero-order valence-electron chi connectivity index (χ0n) is 14.5. The number of hydrogen-bond donors (Lipinski definition) is 2. The van der Waals surface area contributed by atoms with E-state index in [0.717, 1.165) is 16.5 Å². The molecule has 0 aliphatic rings. The average molecular weight is 320 g/mol. The summed E-state index contributed by atoms with van der Waals surface area (Å²) in [6.07, 6.45) is 0. The number of aromatic nitrogens is 1. The highest BCUT2D eigenvalue weighted by molar-refractivity contribution is 5.78. The van der Waals surface area contributed by atoms with Crippen LogP contribution in [-0.2, 0) is 6.54 Å². The maximum Gasteiger partial charge on any atom is 0.252 e. The van der Waals surface area contributed by atoms with Crippen LogP contribution >= 0.6 is 0 Å². The Morgan fingerprint density at radius 1 is 1.00 bits per heavy atom. The molecular weight excluding hydrogens is 296 g/mol. The summed E-state index contributed by atoms with van der Waals surface area (Å²) in [6, 6.07) is 20.4. The molecule has 0 unspecified atom stereocenters. The summed E-state index contributed by atoms with van der Waals surface area (Å²) in [6.45, 7) is 7.17. The third-order valence-corrected chi connectivity index (χ3v) is 4.33. The fourth-order valence-electron chi connectivity index (χ4n) is 3.11. The Morgan fingerprint density at radius 3 is 2.38 bits per heavy atom. The van der Waals surface area contributed by atoms with Crippen molar-refractivity contribution in [3.8, 4) is 0 Å². The summed E-state index contributed by atoms with van der Waals surface area (Å²) < 4.78 is 0. The quantitative estimate of drug-likeness (QED) is 0.748. The fourth-order valence-corrected chi connectivity index (χ4v) is 3.11. The molecule has 1 aromatic heterocycles. The fraction of sp³-hybridized carbons (Fsp3) is 0.286. The van der Waals surface area contributed by atoms with E-state index in [1.54, 1.807) is 0 Å². The van der Waals surface area contributed by atoms with Crippen molar-refractivity contribution in [1.29, 1.82) is 0 Å². The first-order valence-electron chi connectivity index (χ1n) is 8.34. The molecule has 0 radical (unpaired) electrons. The number of fused-ring (bicyclic) bond motifs is 1. The summed E-state index contributed by atoms with van der Waals surface area (Å²) >= 11 is 0. The van der Waals surface area contributed by atoms with E-state index in [9.17, 15) is 4.79 Å². The number of benzene rings is 2. The van der Waals surface area contributed by atoms with Gasteiger partial charge in [-0.1, -0.05) is 69.3 Å². The van der Waals surface area contributed by atoms with Gasteiger partial charge >= 0.3 is 0 Å². The third-order valence-electron chi connectivity index (χ3n) is 4.33. The van der Waals surface area contributed by atoms with E-state index >= 15 is 0 Å². The van der Waals surface area contributed by atoms with E-state index in [-0.39, 0.29) is 17.0 Å². The van der Waals surface area contributed by atoms with Crippen LogP contribution < -0.4 is 10.9 Å². The van der Waals surface area contributed by atoms with Crippen molar-refractivity contribution in [1.82, 2.24) is 10.3 Å². The minimum Gasteiger partial charge on any atom is -0.322 e. The van der Waals surface area contributed by atoms with Gasteiger partial charge in [0.25, 0.3) is 5.56 Å². The lowest BCUT2D eigenvalue weighted by Gasteiger charge is -2.32. The Morgan fingerprint density at radius 2 is 1.67 bits per heavy atom. The Balaban J connectivity index is 1.87. The van der Waals surface area contributed by atoms with Gasteiger partial charge in [0, 0.05) is 23.7 Å². The second kappa shape index (κ2) is 6.62. The molecule has 0 aliphatic heterocycles. The second-order valence-electron chi connectivity index (χ2n) is 7.30. The molecule has 2 N–H and O–H groups in total. The molecule has 0 amide bonds. The van der Waals surface area contributed by atoms with Crippen LogP contribution in [0.1, 0.15) is 37.9 Å². The van der Waals surface area contributed by atoms with Crippen molar-refractivity contribution in [2.24, 2.45) is 5.41 Å². The monoisotopic (exact) mass is 320 g/mol. The summed E-state index contributed by atoms with van der Waals surface area (Å²) in [7, 11) is 0. The van der Waals surface area contributed by atoms with Gasteiger partial charge in [0.2, 0.25) is 0 Å². The van der Waals surface area contributed by atoms with Crippen molar-refractivity contribution < 1.29 is 0 Å². The van der Waals surface area contributed by atoms with Crippen LogP contribution in [0.5, 0.6) is 0 Å². The largest absolute Gasteiger partial charge is 0.322 e. The molecule has 3 heteroatoms. The van der Waals surface area contributed by atoms with Crippen LogP contribution in [0.3, 0.4) is 0 Å².